The van der Waals surface area contributed by atoms with Gasteiger partial charge in [0.2, 0.25) is 17.7 Å². The number of carbonyl (C=O) groups is 4. The summed E-state index contributed by atoms with van der Waals surface area (Å²) in [6.45, 7) is 0.842. The molecule has 4 unspecified atom stereocenters. The standard InChI is InChI=1S/C21H28N6O7/c1-11(28)18(21(33)34)27-20(32)15(6-12-2-4-14(29)5-3-12)26-19(31)16(25-17(30)8-22)7-13-9-23-10-24-13/h2-5,9-11,15-16,18,28-29H,6-8,22H2,1H3,(H,23,24)(H,25,30)(H,26,31)(H,27,32)(H,33,34). The average Bonchev–Trinajstić information content (AvgIpc) is 3.30. The molecule has 0 aliphatic carbocycles. The summed E-state index contributed by atoms with van der Waals surface area (Å²) in [6.07, 6.45) is 1.43. The fourth-order valence-corrected chi connectivity index (χ4v) is 3.07. The summed E-state index contributed by atoms with van der Waals surface area (Å²) in [5.74, 6) is -3.64. The van der Waals surface area contributed by atoms with Gasteiger partial charge in [0.05, 0.1) is 19.0 Å². The maximum absolute atomic E-state index is 13.0. The first-order valence-electron chi connectivity index (χ1n) is 10.4. The van der Waals surface area contributed by atoms with E-state index < -0.39 is 47.9 Å². The molecule has 4 atom stereocenters. The summed E-state index contributed by atoms with van der Waals surface area (Å²) >= 11 is 0. The van der Waals surface area contributed by atoms with Gasteiger partial charge >= 0.3 is 5.97 Å². The Kier molecular flexibility index (Phi) is 9.52. The number of H-pyrrole nitrogens is 1. The summed E-state index contributed by atoms with van der Waals surface area (Å²) in [5.41, 5.74) is 6.43. The molecule has 3 amide bonds. The Morgan fingerprint density at radius 2 is 1.65 bits per heavy atom. The first kappa shape index (κ1) is 26.3. The monoisotopic (exact) mass is 476 g/mol. The molecule has 0 fully saturated rings. The van der Waals surface area contributed by atoms with Gasteiger partial charge in [0.25, 0.3) is 0 Å². The number of carbonyl (C=O) groups excluding carboxylic acids is 3. The fourth-order valence-electron chi connectivity index (χ4n) is 3.07. The number of carboxylic acid groups (broad SMARTS) is 1. The van der Waals surface area contributed by atoms with Crippen LogP contribution in [-0.4, -0.2) is 79.8 Å². The SMILES string of the molecule is CC(O)C(NC(=O)C(Cc1ccc(O)cc1)NC(=O)C(Cc1cnc[nH]1)NC(=O)CN)C(=O)O. The summed E-state index contributed by atoms with van der Waals surface area (Å²) < 4.78 is 0. The maximum Gasteiger partial charge on any atom is 0.328 e. The largest absolute Gasteiger partial charge is 0.508 e. The highest BCUT2D eigenvalue weighted by Gasteiger charge is 2.31. The number of nitrogens with one attached hydrogen (secondary N) is 4. The lowest BCUT2D eigenvalue weighted by atomic mass is 10.0. The van der Waals surface area contributed by atoms with E-state index in [0.29, 0.717) is 11.3 Å². The van der Waals surface area contributed by atoms with Crippen molar-refractivity contribution in [3.05, 3.63) is 48.0 Å². The number of hydrogen-bond donors (Lipinski definition) is 8. The number of benzene rings is 1. The molecule has 13 nitrogen and oxygen atoms in total. The lowest BCUT2D eigenvalue weighted by Crippen LogP contribution is -2.58. The van der Waals surface area contributed by atoms with Gasteiger partial charge in [-0.1, -0.05) is 12.1 Å². The van der Waals surface area contributed by atoms with Crippen molar-refractivity contribution in [1.29, 1.82) is 0 Å². The highest BCUT2D eigenvalue weighted by Crippen LogP contribution is 2.12. The van der Waals surface area contributed by atoms with Crippen LogP contribution < -0.4 is 21.7 Å². The molecule has 9 N–H and O–H groups in total. The Bertz CT molecular complexity index is 978. The van der Waals surface area contributed by atoms with Crippen LogP contribution in [0, 0.1) is 0 Å². The summed E-state index contributed by atoms with van der Waals surface area (Å²) in [7, 11) is 0. The second kappa shape index (κ2) is 12.3. The van der Waals surface area contributed by atoms with Crippen LogP contribution in [0.2, 0.25) is 0 Å². The average molecular weight is 476 g/mol. The van der Waals surface area contributed by atoms with Crippen molar-refractivity contribution < 1.29 is 34.5 Å². The van der Waals surface area contributed by atoms with E-state index in [4.69, 9.17) is 5.73 Å². The number of phenolic OH excluding ortho intramolecular Hbond substituents is 1. The third kappa shape index (κ3) is 7.86. The van der Waals surface area contributed by atoms with Crippen molar-refractivity contribution in [3.63, 3.8) is 0 Å². The first-order chi connectivity index (χ1) is 16.1. The molecule has 1 aromatic heterocycles. The quantitative estimate of drug-likeness (QED) is 0.166. The molecule has 184 valence electrons. The fraction of sp³-hybridized carbons (Fsp3) is 0.381. The van der Waals surface area contributed by atoms with Crippen LogP contribution in [0.1, 0.15) is 18.2 Å². The third-order valence-corrected chi connectivity index (χ3v) is 4.87. The number of nitrogens with two attached hydrogens (primary N) is 1. The van der Waals surface area contributed by atoms with Gasteiger partial charge in [0, 0.05) is 24.7 Å². The number of aliphatic hydroxyl groups is 1. The van der Waals surface area contributed by atoms with E-state index in [1.807, 2.05) is 0 Å². The van der Waals surface area contributed by atoms with Crippen molar-refractivity contribution in [2.45, 2.75) is 44.0 Å². The zero-order chi connectivity index (χ0) is 25.3. The van der Waals surface area contributed by atoms with E-state index >= 15 is 0 Å². The lowest BCUT2D eigenvalue weighted by molar-refractivity contribution is -0.145. The predicted molar refractivity (Wildman–Crippen MR) is 118 cm³/mol. The number of aromatic hydroxyl groups is 1. The van der Waals surface area contributed by atoms with Crippen LogP contribution in [0.25, 0.3) is 0 Å². The number of nitrogens with zero attached hydrogens (tertiary/aromatic N) is 1. The molecule has 2 rings (SSSR count). The van der Waals surface area contributed by atoms with E-state index in [-0.39, 0.29) is 25.1 Å². The van der Waals surface area contributed by atoms with Crippen LogP contribution in [0.15, 0.2) is 36.8 Å². The zero-order valence-corrected chi connectivity index (χ0v) is 18.4. The Morgan fingerprint density at radius 3 is 2.18 bits per heavy atom. The number of aromatic amines is 1. The molecule has 0 bridgehead atoms. The summed E-state index contributed by atoms with van der Waals surface area (Å²) in [4.78, 5) is 55.9. The van der Waals surface area contributed by atoms with Gasteiger partial charge in [0.15, 0.2) is 6.04 Å². The van der Waals surface area contributed by atoms with E-state index in [9.17, 15) is 34.5 Å². The Labute approximate surface area is 194 Å². The van der Waals surface area contributed by atoms with E-state index in [0.717, 1.165) is 0 Å². The molecule has 34 heavy (non-hydrogen) atoms. The van der Waals surface area contributed by atoms with Gasteiger partial charge < -0.3 is 42.0 Å². The number of hydrogen-bond acceptors (Lipinski definition) is 8. The highest BCUT2D eigenvalue weighted by molar-refractivity contribution is 5.94. The Morgan fingerprint density at radius 1 is 1.03 bits per heavy atom. The molecule has 0 saturated carbocycles. The summed E-state index contributed by atoms with van der Waals surface area (Å²) in [5, 5.41) is 35.7. The summed E-state index contributed by atoms with van der Waals surface area (Å²) in [6, 6.07) is 1.86. The molecular weight excluding hydrogens is 448 g/mol. The van der Waals surface area contributed by atoms with E-state index in [2.05, 4.69) is 25.9 Å². The van der Waals surface area contributed by atoms with Crippen LogP contribution in [0.5, 0.6) is 5.75 Å². The maximum atomic E-state index is 13.0. The molecular formula is C21H28N6O7. The Hall–Kier alpha value is -3.97. The molecule has 13 heteroatoms. The van der Waals surface area contributed by atoms with Gasteiger partial charge in [-0.25, -0.2) is 9.78 Å². The predicted octanol–water partition coefficient (Wildman–Crippen LogP) is -2.22. The number of carboxylic acids is 1. The van der Waals surface area contributed by atoms with Gasteiger partial charge in [0.1, 0.15) is 17.8 Å². The minimum atomic E-state index is -1.61. The molecule has 0 radical (unpaired) electrons. The van der Waals surface area contributed by atoms with Gasteiger partial charge in [-0.05, 0) is 24.6 Å². The highest BCUT2D eigenvalue weighted by atomic mass is 16.4. The van der Waals surface area contributed by atoms with E-state index in [1.165, 1.54) is 43.7 Å². The van der Waals surface area contributed by atoms with Crippen molar-refractivity contribution in [1.82, 2.24) is 25.9 Å². The van der Waals surface area contributed by atoms with Crippen LogP contribution >= 0.6 is 0 Å². The lowest BCUT2D eigenvalue weighted by Gasteiger charge is -2.25. The molecule has 0 saturated heterocycles. The number of amides is 3. The number of phenols is 1. The third-order valence-electron chi connectivity index (χ3n) is 4.87. The number of aliphatic carboxylic acids is 1. The topological polar surface area (TPSA) is 220 Å². The molecule has 0 aliphatic rings. The second-order valence-electron chi connectivity index (χ2n) is 7.60. The number of rotatable bonds is 12. The number of aliphatic hydroxyl groups excluding tert-OH is 1. The number of aromatic nitrogens is 2. The minimum absolute atomic E-state index is 0.00190. The van der Waals surface area contributed by atoms with Gasteiger partial charge in [-0.2, -0.15) is 0 Å². The molecule has 1 aromatic carbocycles. The van der Waals surface area contributed by atoms with Crippen molar-refractivity contribution in [3.8, 4) is 5.75 Å². The molecule has 2 aromatic rings. The normalized spacial score (nSPS) is 14.3. The van der Waals surface area contributed by atoms with Crippen LogP contribution in [-0.2, 0) is 32.0 Å². The Balaban J connectivity index is 2.26. The van der Waals surface area contributed by atoms with Crippen molar-refractivity contribution in [2.75, 3.05) is 6.54 Å². The molecule has 1 heterocycles. The molecule has 0 spiro atoms. The zero-order valence-electron chi connectivity index (χ0n) is 18.4. The van der Waals surface area contributed by atoms with E-state index in [1.54, 1.807) is 0 Å². The van der Waals surface area contributed by atoms with Crippen LogP contribution in [0.4, 0.5) is 0 Å². The van der Waals surface area contributed by atoms with Crippen molar-refractivity contribution in [2.24, 2.45) is 5.73 Å². The number of imidazole rings is 1. The van der Waals surface area contributed by atoms with Crippen LogP contribution in [0.3, 0.4) is 0 Å². The first-order valence-corrected chi connectivity index (χ1v) is 10.4. The van der Waals surface area contributed by atoms with Gasteiger partial charge in [-0.3, -0.25) is 14.4 Å². The molecule has 0 aliphatic heterocycles. The smallest absolute Gasteiger partial charge is 0.328 e. The minimum Gasteiger partial charge on any atom is -0.508 e. The second-order valence-corrected chi connectivity index (χ2v) is 7.60. The van der Waals surface area contributed by atoms with Crippen molar-refractivity contribution >= 4 is 23.7 Å². The van der Waals surface area contributed by atoms with Gasteiger partial charge in [-0.15, -0.1) is 0 Å².